The zero-order chi connectivity index (χ0) is 23.7. The SMILES string of the molecule is COc1cc2nc(C3CCN(C)C3)nc(N3CCN(c4ccccc4OC)CC3)c2cc1OC. The molecule has 1 aromatic heterocycles. The van der Waals surface area contributed by atoms with E-state index in [9.17, 15) is 0 Å². The fraction of sp³-hybridized carbons (Fsp3) is 0.462. The van der Waals surface area contributed by atoms with E-state index >= 15 is 0 Å². The number of piperazine rings is 1. The van der Waals surface area contributed by atoms with Gasteiger partial charge in [-0.1, -0.05) is 12.1 Å². The van der Waals surface area contributed by atoms with Crippen LogP contribution in [0.4, 0.5) is 11.5 Å². The number of fused-ring (bicyclic) bond motifs is 1. The number of anilines is 2. The molecule has 0 amide bonds. The van der Waals surface area contributed by atoms with Crippen LogP contribution in [0.3, 0.4) is 0 Å². The van der Waals surface area contributed by atoms with Crippen molar-refractivity contribution in [1.82, 2.24) is 14.9 Å². The highest BCUT2D eigenvalue weighted by Gasteiger charge is 2.28. The van der Waals surface area contributed by atoms with Crippen molar-refractivity contribution in [2.45, 2.75) is 12.3 Å². The Labute approximate surface area is 201 Å². The van der Waals surface area contributed by atoms with Gasteiger partial charge in [0.1, 0.15) is 17.4 Å². The van der Waals surface area contributed by atoms with Crippen LogP contribution in [0.2, 0.25) is 0 Å². The first-order chi connectivity index (χ1) is 16.6. The van der Waals surface area contributed by atoms with Crippen molar-refractivity contribution in [3.63, 3.8) is 0 Å². The maximum absolute atomic E-state index is 5.60. The number of hydrogen-bond donors (Lipinski definition) is 0. The quantitative estimate of drug-likeness (QED) is 0.551. The molecule has 0 radical (unpaired) electrons. The van der Waals surface area contributed by atoms with Gasteiger partial charge in [-0.3, -0.25) is 0 Å². The van der Waals surface area contributed by atoms with Crippen LogP contribution in [0.1, 0.15) is 18.2 Å². The summed E-state index contributed by atoms with van der Waals surface area (Å²) in [5.41, 5.74) is 2.04. The summed E-state index contributed by atoms with van der Waals surface area (Å²) < 4.78 is 16.8. The summed E-state index contributed by atoms with van der Waals surface area (Å²) >= 11 is 0. The van der Waals surface area contributed by atoms with E-state index in [-0.39, 0.29) is 0 Å². The first kappa shape index (κ1) is 22.5. The van der Waals surface area contributed by atoms with Crippen LogP contribution in [0.15, 0.2) is 36.4 Å². The summed E-state index contributed by atoms with van der Waals surface area (Å²) in [6.07, 6.45) is 1.08. The third-order valence-electron chi connectivity index (χ3n) is 6.96. The minimum Gasteiger partial charge on any atom is -0.495 e. The van der Waals surface area contributed by atoms with Crippen molar-refractivity contribution < 1.29 is 14.2 Å². The van der Waals surface area contributed by atoms with Crippen LogP contribution in [0.5, 0.6) is 17.2 Å². The predicted molar refractivity (Wildman–Crippen MR) is 135 cm³/mol. The van der Waals surface area contributed by atoms with Crippen LogP contribution < -0.4 is 24.0 Å². The van der Waals surface area contributed by atoms with E-state index in [1.165, 1.54) is 0 Å². The molecule has 2 aromatic carbocycles. The topological polar surface area (TPSA) is 63.2 Å². The number of para-hydroxylation sites is 2. The number of likely N-dealkylation sites (N-methyl/N-ethyl adjacent to an activating group) is 1. The summed E-state index contributed by atoms with van der Waals surface area (Å²) in [7, 11) is 7.22. The van der Waals surface area contributed by atoms with Gasteiger partial charge in [0.25, 0.3) is 0 Å². The number of aromatic nitrogens is 2. The normalized spacial score (nSPS) is 19.0. The maximum atomic E-state index is 5.60. The molecule has 2 fully saturated rings. The summed E-state index contributed by atoms with van der Waals surface area (Å²) in [6.45, 7) is 5.57. The molecule has 0 saturated carbocycles. The van der Waals surface area contributed by atoms with Crippen molar-refractivity contribution in [1.29, 1.82) is 0 Å². The fourth-order valence-corrected chi connectivity index (χ4v) is 5.08. The molecule has 180 valence electrons. The second-order valence-electron chi connectivity index (χ2n) is 9.02. The number of rotatable bonds is 6. The van der Waals surface area contributed by atoms with E-state index in [1.54, 1.807) is 21.3 Å². The molecule has 8 nitrogen and oxygen atoms in total. The third-order valence-corrected chi connectivity index (χ3v) is 6.96. The van der Waals surface area contributed by atoms with Crippen LogP contribution in [-0.4, -0.2) is 82.5 Å². The fourth-order valence-electron chi connectivity index (χ4n) is 5.08. The molecule has 5 rings (SSSR count). The molecule has 3 heterocycles. The Morgan fingerprint density at radius 2 is 1.47 bits per heavy atom. The molecular weight excluding hydrogens is 430 g/mol. The zero-order valence-electron chi connectivity index (χ0n) is 20.5. The minimum absolute atomic E-state index is 0.344. The van der Waals surface area contributed by atoms with Crippen LogP contribution >= 0.6 is 0 Å². The Kier molecular flexibility index (Phi) is 6.32. The van der Waals surface area contributed by atoms with Crippen molar-refractivity contribution >= 4 is 22.4 Å². The number of nitrogens with zero attached hydrogens (tertiary/aromatic N) is 5. The number of methoxy groups -OCH3 is 3. The molecule has 0 N–H and O–H groups in total. The zero-order valence-corrected chi connectivity index (χ0v) is 20.5. The summed E-state index contributed by atoms with van der Waals surface area (Å²) in [5, 5.41) is 0.999. The van der Waals surface area contributed by atoms with Gasteiger partial charge in [0.2, 0.25) is 0 Å². The molecule has 0 spiro atoms. The highest BCUT2D eigenvalue weighted by molar-refractivity contribution is 5.92. The van der Waals surface area contributed by atoms with Gasteiger partial charge in [0.15, 0.2) is 11.5 Å². The van der Waals surface area contributed by atoms with E-state index in [2.05, 4.69) is 33.9 Å². The molecule has 34 heavy (non-hydrogen) atoms. The number of benzene rings is 2. The Hall–Kier alpha value is -3.26. The average Bonchev–Trinajstić information content (AvgIpc) is 3.33. The van der Waals surface area contributed by atoms with Gasteiger partial charge in [0, 0.05) is 50.1 Å². The standard InChI is InChI=1S/C26H33N5O3/c1-29-10-9-18(17-29)25-27-20-16-24(34-4)23(33-3)15-19(20)26(28-25)31-13-11-30(12-14-31)21-7-5-6-8-22(21)32-2/h5-8,15-16,18H,9-14,17H2,1-4H3. The summed E-state index contributed by atoms with van der Waals surface area (Å²) in [5.74, 6) is 4.54. The first-order valence-corrected chi connectivity index (χ1v) is 11.9. The van der Waals surface area contributed by atoms with E-state index in [0.717, 1.165) is 79.7 Å². The van der Waals surface area contributed by atoms with Gasteiger partial charge >= 0.3 is 0 Å². The highest BCUT2D eigenvalue weighted by Crippen LogP contribution is 2.37. The van der Waals surface area contributed by atoms with Gasteiger partial charge < -0.3 is 28.9 Å². The van der Waals surface area contributed by atoms with Crippen LogP contribution in [-0.2, 0) is 0 Å². The number of hydrogen-bond acceptors (Lipinski definition) is 8. The Bertz CT molecular complexity index is 1160. The lowest BCUT2D eigenvalue weighted by molar-refractivity contribution is 0.355. The van der Waals surface area contributed by atoms with Gasteiger partial charge in [-0.15, -0.1) is 0 Å². The molecule has 1 atom stereocenters. The van der Waals surface area contributed by atoms with Gasteiger partial charge in [-0.2, -0.15) is 0 Å². The van der Waals surface area contributed by atoms with Crippen molar-refractivity contribution in [2.75, 3.05) is 77.4 Å². The molecule has 2 aliphatic heterocycles. The largest absolute Gasteiger partial charge is 0.495 e. The number of likely N-dealkylation sites (tertiary alicyclic amines) is 1. The Morgan fingerprint density at radius 3 is 2.15 bits per heavy atom. The second-order valence-corrected chi connectivity index (χ2v) is 9.02. The Balaban J connectivity index is 1.50. The van der Waals surface area contributed by atoms with Crippen molar-refractivity contribution in [3.05, 3.63) is 42.2 Å². The van der Waals surface area contributed by atoms with Gasteiger partial charge in [0.05, 0.1) is 32.5 Å². The molecule has 0 aliphatic carbocycles. The molecule has 8 heteroatoms. The first-order valence-electron chi connectivity index (χ1n) is 11.9. The molecule has 2 aliphatic rings. The minimum atomic E-state index is 0.344. The smallest absolute Gasteiger partial charge is 0.162 e. The molecule has 3 aromatic rings. The lowest BCUT2D eigenvalue weighted by Gasteiger charge is -2.37. The monoisotopic (exact) mass is 463 g/mol. The number of ether oxygens (including phenoxy) is 3. The lowest BCUT2D eigenvalue weighted by Crippen LogP contribution is -2.47. The third kappa shape index (κ3) is 4.18. The van der Waals surface area contributed by atoms with E-state index in [1.807, 2.05) is 24.3 Å². The molecule has 2 saturated heterocycles. The van der Waals surface area contributed by atoms with Gasteiger partial charge in [-0.25, -0.2) is 9.97 Å². The summed E-state index contributed by atoms with van der Waals surface area (Å²) in [6, 6.07) is 12.2. The van der Waals surface area contributed by atoms with E-state index < -0.39 is 0 Å². The highest BCUT2D eigenvalue weighted by atomic mass is 16.5. The van der Waals surface area contributed by atoms with Crippen molar-refractivity contribution in [3.8, 4) is 17.2 Å². The average molecular weight is 464 g/mol. The lowest BCUT2D eigenvalue weighted by atomic mass is 10.1. The molecular formula is C26H33N5O3. The van der Waals surface area contributed by atoms with E-state index in [0.29, 0.717) is 17.4 Å². The maximum Gasteiger partial charge on any atom is 0.162 e. The Morgan fingerprint density at radius 1 is 0.794 bits per heavy atom. The van der Waals surface area contributed by atoms with Gasteiger partial charge in [-0.05, 0) is 38.2 Å². The molecule has 1 unspecified atom stereocenters. The van der Waals surface area contributed by atoms with Crippen molar-refractivity contribution in [2.24, 2.45) is 0 Å². The molecule has 0 bridgehead atoms. The summed E-state index contributed by atoms with van der Waals surface area (Å²) in [4.78, 5) is 17.3. The van der Waals surface area contributed by atoms with E-state index in [4.69, 9.17) is 24.2 Å². The predicted octanol–water partition coefficient (Wildman–Crippen LogP) is 3.40. The second kappa shape index (κ2) is 9.54. The van der Waals surface area contributed by atoms with Crippen LogP contribution in [0, 0.1) is 0 Å². The van der Waals surface area contributed by atoms with Crippen LogP contribution in [0.25, 0.3) is 10.9 Å².